The number of benzene rings is 1. The number of ether oxygens (including phenoxy) is 1. The Morgan fingerprint density at radius 1 is 1.30 bits per heavy atom. The third kappa shape index (κ3) is 3.33. The van der Waals surface area contributed by atoms with Crippen LogP contribution in [-0.2, 0) is 11.3 Å². The highest BCUT2D eigenvalue weighted by Gasteiger charge is 2.49. The van der Waals surface area contributed by atoms with Crippen molar-refractivity contribution in [1.82, 2.24) is 0 Å². The van der Waals surface area contributed by atoms with Gasteiger partial charge in [0.05, 0.1) is 12.7 Å². The van der Waals surface area contributed by atoms with Crippen LogP contribution in [0.5, 0.6) is 0 Å². The number of hydrogen-bond donors (Lipinski definition) is 2. The second kappa shape index (κ2) is 6.15. The Balaban J connectivity index is 1.88. The molecule has 2 atom stereocenters. The molecule has 1 fully saturated rings. The van der Waals surface area contributed by atoms with Crippen molar-refractivity contribution >= 4 is 5.69 Å². The molecular weight excluding hydrogens is 250 g/mol. The minimum atomic E-state index is 0.0975. The highest BCUT2D eigenvalue weighted by Crippen LogP contribution is 2.44. The monoisotopic (exact) mass is 277 g/mol. The van der Waals surface area contributed by atoms with Gasteiger partial charge in [-0.2, -0.15) is 0 Å². The summed E-state index contributed by atoms with van der Waals surface area (Å²) in [6, 6.07) is 8.43. The molecule has 0 amide bonds. The molecule has 0 spiro atoms. The van der Waals surface area contributed by atoms with E-state index in [4.69, 9.17) is 9.84 Å². The van der Waals surface area contributed by atoms with E-state index in [1.165, 1.54) is 0 Å². The topological polar surface area (TPSA) is 41.5 Å². The van der Waals surface area contributed by atoms with E-state index in [2.05, 4.69) is 33.0 Å². The van der Waals surface area contributed by atoms with E-state index >= 15 is 0 Å². The van der Waals surface area contributed by atoms with Gasteiger partial charge >= 0.3 is 0 Å². The van der Waals surface area contributed by atoms with E-state index in [1.807, 2.05) is 24.3 Å². The average Bonchev–Trinajstić information content (AvgIpc) is 2.42. The normalized spacial score (nSPS) is 24.5. The van der Waals surface area contributed by atoms with Gasteiger partial charge in [-0.3, -0.25) is 0 Å². The lowest BCUT2D eigenvalue weighted by molar-refractivity contribution is -0.108. The maximum Gasteiger partial charge on any atom is 0.0681 e. The van der Waals surface area contributed by atoms with Crippen LogP contribution in [0.1, 0.15) is 39.7 Å². The van der Waals surface area contributed by atoms with Crippen molar-refractivity contribution in [3.8, 4) is 0 Å². The highest BCUT2D eigenvalue weighted by atomic mass is 16.5. The zero-order valence-electron chi connectivity index (χ0n) is 13.0. The molecule has 1 aromatic rings. The summed E-state index contributed by atoms with van der Waals surface area (Å²) in [6.07, 6.45) is 1.40. The van der Waals surface area contributed by atoms with Crippen LogP contribution in [0.2, 0.25) is 0 Å². The standard InChI is InChI=1S/C17H27NO2/c1-12(2)11-20-16-9-15(17(16,3)4)18-14-7-5-13(10-19)6-8-14/h5-8,12,15-16,18-19H,9-11H2,1-4H3. The summed E-state index contributed by atoms with van der Waals surface area (Å²) < 4.78 is 5.99. The van der Waals surface area contributed by atoms with Crippen LogP contribution in [0.4, 0.5) is 5.69 Å². The Hall–Kier alpha value is -1.06. The van der Waals surface area contributed by atoms with Gasteiger partial charge in [0.1, 0.15) is 0 Å². The van der Waals surface area contributed by atoms with Gasteiger partial charge in [0.2, 0.25) is 0 Å². The predicted octanol–water partition coefficient (Wildman–Crippen LogP) is 3.43. The molecule has 1 aliphatic rings. The van der Waals surface area contributed by atoms with Gasteiger partial charge in [0.15, 0.2) is 0 Å². The predicted molar refractivity (Wildman–Crippen MR) is 82.8 cm³/mol. The fourth-order valence-corrected chi connectivity index (χ4v) is 2.63. The third-order valence-corrected chi connectivity index (χ3v) is 4.29. The van der Waals surface area contributed by atoms with Gasteiger partial charge in [-0.25, -0.2) is 0 Å². The summed E-state index contributed by atoms with van der Waals surface area (Å²) in [4.78, 5) is 0. The van der Waals surface area contributed by atoms with Crippen molar-refractivity contribution in [3.05, 3.63) is 29.8 Å². The molecule has 0 aliphatic heterocycles. The zero-order chi connectivity index (χ0) is 14.8. The van der Waals surface area contributed by atoms with Crippen molar-refractivity contribution in [2.75, 3.05) is 11.9 Å². The highest BCUT2D eigenvalue weighted by molar-refractivity contribution is 5.46. The molecule has 20 heavy (non-hydrogen) atoms. The van der Waals surface area contributed by atoms with Crippen molar-refractivity contribution < 1.29 is 9.84 Å². The smallest absolute Gasteiger partial charge is 0.0681 e. The maximum atomic E-state index is 9.05. The number of aliphatic hydroxyl groups is 1. The van der Waals surface area contributed by atoms with Gasteiger partial charge in [-0.15, -0.1) is 0 Å². The van der Waals surface area contributed by atoms with Gasteiger partial charge in [0, 0.05) is 23.8 Å². The number of nitrogens with one attached hydrogen (secondary N) is 1. The van der Waals surface area contributed by atoms with Crippen LogP contribution < -0.4 is 5.32 Å². The first-order valence-electron chi connectivity index (χ1n) is 7.51. The molecule has 3 heteroatoms. The van der Waals surface area contributed by atoms with Crippen LogP contribution in [0.15, 0.2) is 24.3 Å². The van der Waals surface area contributed by atoms with E-state index < -0.39 is 0 Å². The first-order valence-corrected chi connectivity index (χ1v) is 7.51. The Labute approximate surface area is 122 Å². The summed E-state index contributed by atoms with van der Waals surface area (Å²) >= 11 is 0. The van der Waals surface area contributed by atoms with Crippen LogP contribution in [-0.4, -0.2) is 23.9 Å². The van der Waals surface area contributed by atoms with Crippen LogP contribution >= 0.6 is 0 Å². The van der Waals surface area contributed by atoms with Crippen LogP contribution in [0.25, 0.3) is 0 Å². The second-order valence-electron chi connectivity index (χ2n) is 6.82. The Bertz CT molecular complexity index is 425. The molecular formula is C17H27NO2. The molecule has 2 rings (SSSR count). The van der Waals surface area contributed by atoms with E-state index in [0.717, 1.165) is 24.3 Å². The minimum Gasteiger partial charge on any atom is -0.392 e. The van der Waals surface area contributed by atoms with Gasteiger partial charge in [0.25, 0.3) is 0 Å². The molecule has 112 valence electrons. The lowest BCUT2D eigenvalue weighted by atomic mass is 9.64. The van der Waals surface area contributed by atoms with Crippen molar-refractivity contribution in [3.63, 3.8) is 0 Å². The molecule has 1 saturated carbocycles. The molecule has 2 N–H and O–H groups in total. The lowest BCUT2D eigenvalue weighted by Crippen LogP contribution is -2.58. The second-order valence-corrected chi connectivity index (χ2v) is 6.82. The number of hydrogen-bond acceptors (Lipinski definition) is 3. The first kappa shape index (κ1) is 15.3. The number of aliphatic hydroxyl groups excluding tert-OH is 1. The molecule has 0 aromatic heterocycles. The number of rotatable bonds is 6. The van der Waals surface area contributed by atoms with Crippen molar-refractivity contribution in [2.45, 2.75) is 52.9 Å². The van der Waals surface area contributed by atoms with E-state index in [-0.39, 0.29) is 12.0 Å². The number of anilines is 1. The summed E-state index contributed by atoms with van der Waals surface area (Å²) in [5.74, 6) is 0.587. The lowest BCUT2D eigenvalue weighted by Gasteiger charge is -2.52. The molecule has 3 nitrogen and oxygen atoms in total. The minimum absolute atomic E-state index is 0.0975. The van der Waals surface area contributed by atoms with Gasteiger partial charge in [-0.05, 0) is 30.0 Å². The molecule has 0 heterocycles. The summed E-state index contributed by atoms with van der Waals surface area (Å²) in [5, 5.41) is 12.6. The van der Waals surface area contributed by atoms with Crippen LogP contribution in [0.3, 0.4) is 0 Å². The third-order valence-electron chi connectivity index (χ3n) is 4.29. The fraction of sp³-hybridized carbons (Fsp3) is 0.647. The zero-order valence-corrected chi connectivity index (χ0v) is 13.0. The first-order chi connectivity index (χ1) is 9.43. The van der Waals surface area contributed by atoms with Crippen molar-refractivity contribution in [2.24, 2.45) is 11.3 Å². The molecule has 0 radical (unpaired) electrons. The van der Waals surface area contributed by atoms with E-state index in [1.54, 1.807) is 0 Å². The summed E-state index contributed by atoms with van der Waals surface area (Å²) in [5.41, 5.74) is 2.22. The fourth-order valence-electron chi connectivity index (χ4n) is 2.63. The quantitative estimate of drug-likeness (QED) is 0.837. The average molecular weight is 277 g/mol. The Morgan fingerprint density at radius 3 is 2.45 bits per heavy atom. The van der Waals surface area contributed by atoms with E-state index in [9.17, 15) is 0 Å². The molecule has 1 aromatic carbocycles. The van der Waals surface area contributed by atoms with Gasteiger partial charge in [-0.1, -0.05) is 39.8 Å². The van der Waals surface area contributed by atoms with Crippen LogP contribution in [0, 0.1) is 11.3 Å². The maximum absolute atomic E-state index is 9.05. The Kier molecular flexibility index (Phi) is 4.71. The molecule has 1 aliphatic carbocycles. The Morgan fingerprint density at radius 2 is 1.95 bits per heavy atom. The molecule has 0 bridgehead atoms. The van der Waals surface area contributed by atoms with E-state index in [0.29, 0.717) is 18.1 Å². The summed E-state index contributed by atoms with van der Waals surface area (Å²) in [7, 11) is 0. The molecule has 0 saturated heterocycles. The molecule has 2 unspecified atom stereocenters. The van der Waals surface area contributed by atoms with Gasteiger partial charge < -0.3 is 15.2 Å². The SMILES string of the molecule is CC(C)COC1CC(Nc2ccc(CO)cc2)C1(C)C. The summed E-state index contributed by atoms with van der Waals surface area (Å²) in [6.45, 7) is 9.84. The largest absolute Gasteiger partial charge is 0.392 e. The van der Waals surface area contributed by atoms with Crippen molar-refractivity contribution in [1.29, 1.82) is 0 Å².